The molecule has 8 nitrogen and oxygen atoms in total. The molecule has 2 unspecified atom stereocenters. The molecule has 0 spiro atoms. The maximum absolute atomic E-state index is 15.6. The van der Waals surface area contributed by atoms with Crippen molar-refractivity contribution >= 4 is 22.7 Å². The quantitative estimate of drug-likeness (QED) is 0.578. The molecule has 1 saturated carbocycles. The summed E-state index contributed by atoms with van der Waals surface area (Å²) >= 11 is 0. The van der Waals surface area contributed by atoms with Crippen molar-refractivity contribution in [3.8, 4) is 17.0 Å². The van der Waals surface area contributed by atoms with Crippen LogP contribution >= 0.6 is 0 Å². The van der Waals surface area contributed by atoms with E-state index < -0.39 is 6.17 Å². The molecule has 4 atom stereocenters. The van der Waals surface area contributed by atoms with Gasteiger partial charge >= 0.3 is 0 Å². The number of likely N-dealkylation sites (tertiary alicyclic amines) is 1. The number of furan rings is 1. The monoisotopic (exact) mass is 491 g/mol. The summed E-state index contributed by atoms with van der Waals surface area (Å²) in [6, 6.07) is 9.22. The Bertz CT molecular complexity index is 1320. The lowest BCUT2D eigenvalue weighted by atomic mass is 9.94. The molecule has 1 N–H and O–H groups in total. The number of carbonyl (C=O) groups excluding carboxylic acids is 1. The predicted molar refractivity (Wildman–Crippen MR) is 133 cm³/mol. The first-order valence-electron chi connectivity index (χ1n) is 13.0. The number of hydrogen-bond donors (Lipinski definition) is 1. The first-order chi connectivity index (χ1) is 17.5. The van der Waals surface area contributed by atoms with Gasteiger partial charge in [0.2, 0.25) is 0 Å². The molecule has 1 amide bonds. The number of hydrogen-bond acceptors (Lipinski definition) is 7. The van der Waals surface area contributed by atoms with E-state index in [9.17, 15) is 9.90 Å². The number of nitrogens with zero attached hydrogens (tertiary/aromatic N) is 5. The SMILES string of the molecule is CN1C2CCC1[C@H](F)[C@H](N(c1ccc(-c3cc4oc(C(=O)N5CCC5)cc4cc3O)nn1)C1CC1)C2. The third-order valence-corrected chi connectivity index (χ3v) is 8.62. The lowest BCUT2D eigenvalue weighted by Gasteiger charge is -2.44. The molecule has 188 valence electrons. The summed E-state index contributed by atoms with van der Waals surface area (Å²) in [5.41, 5.74) is 1.50. The zero-order valence-corrected chi connectivity index (χ0v) is 20.3. The van der Waals surface area contributed by atoms with Crippen LogP contribution in [0.3, 0.4) is 0 Å². The van der Waals surface area contributed by atoms with Gasteiger partial charge in [0.1, 0.15) is 17.5 Å². The smallest absolute Gasteiger partial charge is 0.289 e. The maximum Gasteiger partial charge on any atom is 0.289 e. The predicted octanol–water partition coefficient (Wildman–Crippen LogP) is 3.98. The molecule has 4 aliphatic rings. The van der Waals surface area contributed by atoms with Crippen molar-refractivity contribution in [1.82, 2.24) is 20.0 Å². The van der Waals surface area contributed by atoms with E-state index in [0.29, 0.717) is 40.1 Å². The van der Waals surface area contributed by atoms with Gasteiger partial charge in [-0.3, -0.25) is 9.69 Å². The second-order valence-corrected chi connectivity index (χ2v) is 10.8. The zero-order chi connectivity index (χ0) is 24.6. The van der Waals surface area contributed by atoms with Gasteiger partial charge in [-0.1, -0.05) is 0 Å². The van der Waals surface area contributed by atoms with Crippen molar-refractivity contribution < 1.29 is 18.7 Å². The minimum absolute atomic E-state index is 0.0166. The van der Waals surface area contributed by atoms with Crippen LogP contribution in [0.25, 0.3) is 22.2 Å². The van der Waals surface area contributed by atoms with E-state index in [-0.39, 0.29) is 29.5 Å². The van der Waals surface area contributed by atoms with E-state index in [1.54, 1.807) is 23.1 Å². The highest BCUT2D eigenvalue weighted by molar-refractivity contribution is 5.97. The number of anilines is 1. The number of rotatable bonds is 5. The number of aromatic hydroxyl groups is 1. The van der Waals surface area contributed by atoms with Crippen molar-refractivity contribution in [2.24, 2.45) is 0 Å². The molecule has 2 aromatic heterocycles. The van der Waals surface area contributed by atoms with Crippen molar-refractivity contribution in [1.29, 1.82) is 0 Å². The number of piperidine rings is 1. The van der Waals surface area contributed by atoms with E-state index in [2.05, 4.69) is 20.0 Å². The molecule has 9 heteroatoms. The number of amides is 1. The van der Waals surface area contributed by atoms with Gasteiger partial charge in [0, 0.05) is 42.2 Å². The van der Waals surface area contributed by atoms with Crippen LogP contribution < -0.4 is 4.90 Å². The molecular formula is C27H30FN5O3. The summed E-state index contributed by atoms with van der Waals surface area (Å²) in [4.78, 5) is 18.7. The lowest BCUT2D eigenvalue weighted by molar-refractivity contribution is 0.0621. The number of benzene rings is 1. The summed E-state index contributed by atoms with van der Waals surface area (Å²) in [6.45, 7) is 1.49. The van der Waals surface area contributed by atoms with E-state index in [0.717, 1.165) is 51.6 Å². The molecule has 0 radical (unpaired) electrons. The van der Waals surface area contributed by atoms with Crippen molar-refractivity contribution in [2.45, 2.75) is 68.9 Å². The Morgan fingerprint density at radius 1 is 1.14 bits per heavy atom. The van der Waals surface area contributed by atoms with Crippen LogP contribution in [0.15, 0.2) is 34.7 Å². The Labute approximate surface area is 208 Å². The minimum atomic E-state index is -0.908. The topological polar surface area (TPSA) is 85.9 Å². The number of aromatic nitrogens is 2. The third kappa shape index (κ3) is 3.47. The first-order valence-corrected chi connectivity index (χ1v) is 13.0. The zero-order valence-electron chi connectivity index (χ0n) is 20.3. The van der Waals surface area contributed by atoms with Gasteiger partial charge in [0.15, 0.2) is 11.6 Å². The minimum Gasteiger partial charge on any atom is -0.507 e. The molecular weight excluding hydrogens is 461 g/mol. The van der Waals surface area contributed by atoms with Crippen LogP contribution in [-0.4, -0.2) is 81.5 Å². The average Bonchev–Trinajstić information content (AvgIpc) is 3.52. The van der Waals surface area contributed by atoms with Gasteiger partial charge in [-0.15, -0.1) is 10.2 Å². The van der Waals surface area contributed by atoms with Gasteiger partial charge in [-0.05, 0) is 75.9 Å². The molecule has 7 rings (SSSR count). The summed E-state index contributed by atoms with van der Waals surface area (Å²) in [7, 11) is 2.05. The Kier molecular flexibility index (Phi) is 4.99. The third-order valence-electron chi connectivity index (χ3n) is 8.62. The normalized spacial score (nSPS) is 27.9. The van der Waals surface area contributed by atoms with Gasteiger partial charge in [0.05, 0.1) is 11.7 Å². The van der Waals surface area contributed by atoms with Crippen LogP contribution in [0.1, 0.15) is 49.1 Å². The second-order valence-electron chi connectivity index (χ2n) is 10.8. The standard InChI is InChI=1S/C27H30FN5O3/c1-31-17-5-7-20(31)26(28)21(13-17)33(16-3-4-16)25-8-6-19(29-30-25)18-14-23-15(11-22(18)34)12-24(36-23)27(35)32-9-2-10-32/h6,8,11-12,14,16-17,20-21,26,34H,2-5,7,9-10,13H2,1H3/t17?,20?,21-,26+/m1/s1. The Morgan fingerprint density at radius 2 is 1.97 bits per heavy atom. The van der Waals surface area contributed by atoms with Gasteiger partial charge < -0.3 is 19.3 Å². The Hall–Kier alpha value is -3.20. The Balaban J connectivity index is 1.17. The number of phenolic OH excluding ortho intramolecular Hbond substituents is 1. The summed E-state index contributed by atoms with van der Waals surface area (Å²) in [6.07, 6.45) is 4.98. The lowest BCUT2D eigenvalue weighted by Crippen LogP contribution is -2.57. The number of alkyl halides is 1. The maximum atomic E-state index is 15.6. The second kappa shape index (κ2) is 8.16. The first kappa shape index (κ1) is 22.0. The van der Waals surface area contributed by atoms with Gasteiger partial charge in [-0.2, -0.15) is 0 Å². The molecule has 1 aromatic carbocycles. The van der Waals surface area contributed by atoms with Crippen molar-refractivity contribution in [2.75, 3.05) is 25.0 Å². The fourth-order valence-corrected chi connectivity index (χ4v) is 6.29. The van der Waals surface area contributed by atoms with Crippen molar-refractivity contribution in [3.63, 3.8) is 0 Å². The van der Waals surface area contributed by atoms with Gasteiger partial charge in [-0.25, -0.2) is 4.39 Å². The van der Waals surface area contributed by atoms with E-state index >= 15 is 4.39 Å². The summed E-state index contributed by atoms with van der Waals surface area (Å²) in [5, 5.41) is 20.3. The van der Waals surface area contributed by atoms with E-state index in [1.165, 1.54) is 0 Å². The molecule has 2 bridgehead atoms. The van der Waals surface area contributed by atoms with Crippen LogP contribution in [0, 0.1) is 0 Å². The fraction of sp³-hybridized carbons (Fsp3) is 0.519. The molecule has 3 aromatic rings. The molecule has 1 aliphatic carbocycles. The van der Waals surface area contributed by atoms with Crippen LogP contribution in [0.4, 0.5) is 10.2 Å². The van der Waals surface area contributed by atoms with Crippen LogP contribution in [0.5, 0.6) is 5.75 Å². The largest absolute Gasteiger partial charge is 0.507 e. The van der Waals surface area contributed by atoms with E-state index in [4.69, 9.17) is 4.42 Å². The van der Waals surface area contributed by atoms with Crippen LogP contribution in [0.2, 0.25) is 0 Å². The number of phenols is 1. The molecule has 36 heavy (non-hydrogen) atoms. The molecule has 5 heterocycles. The highest BCUT2D eigenvalue weighted by Gasteiger charge is 2.50. The molecule has 4 fully saturated rings. The summed E-state index contributed by atoms with van der Waals surface area (Å²) < 4.78 is 21.4. The number of carbonyl (C=O) groups is 1. The number of halogens is 1. The highest BCUT2D eigenvalue weighted by atomic mass is 19.1. The molecule has 3 aliphatic heterocycles. The van der Waals surface area contributed by atoms with Gasteiger partial charge in [0.25, 0.3) is 5.91 Å². The van der Waals surface area contributed by atoms with Crippen LogP contribution in [-0.2, 0) is 0 Å². The summed E-state index contributed by atoms with van der Waals surface area (Å²) in [5.74, 6) is 0.883. The number of fused-ring (bicyclic) bond motifs is 3. The fourth-order valence-electron chi connectivity index (χ4n) is 6.29. The van der Waals surface area contributed by atoms with Crippen molar-refractivity contribution in [3.05, 3.63) is 36.1 Å². The average molecular weight is 492 g/mol. The highest BCUT2D eigenvalue weighted by Crippen LogP contribution is 2.43. The van der Waals surface area contributed by atoms with E-state index in [1.807, 2.05) is 19.2 Å². The Morgan fingerprint density at radius 3 is 2.67 bits per heavy atom. The molecule has 3 saturated heterocycles.